The maximum absolute atomic E-state index is 12.5. The molecule has 0 fully saturated rings. The number of amides is 1. The van der Waals surface area contributed by atoms with E-state index in [1.54, 1.807) is 26.2 Å². The van der Waals surface area contributed by atoms with E-state index in [-0.39, 0.29) is 5.56 Å². The van der Waals surface area contributed by atoms with E-state index in [1.807, 2.05) is 29.6 Å². The number of hydrogen-bond acceptors (Lipinski definition) is 4. The highest BCUT2D eigenvalue weighted by Gasteiger charge is 2.19. The Hall–Kier alpha value is -2.84. The standard InChI is InChI=1S/C21H17BrN2O4S/c1-3-24(21(26)27)12-6-4-11(5-7-12)16-15(28-2)10-14(22)18-17(16)13-8-9-29-19(13)20(25)23-18/h4-10H,3H2,1-2H3,(H,23,25)(H,26,27). The molecule has 6 nitrogen and oxygen atoms in total. The van der Waals surface area contributed by atoms with Gasteiger partial charge in [-0.15, -0.1) is 11.3 Å². The average molecular weight is 473 g/mol. The molecule has 2 N–H and O–H groups in total. The van der Waals surface area contributed by atoms with Crippen LogP contribution in [0.25, 0.3) is 32.1 Å². The number of ether oxygens (including phenoxy) is 1. The van der Waals surface area contributed by atoms with Crippen molar-refractivity contribution in [3.8, 4) is 16.9 Å². The van der Waals surface area contributed by atoms with Gasteiger partial charge in [0.25, 0.3) is 5.56 Å². The first-order chi connectivity index (χ1) is 14.0. The lowest BCUT2D eigenvalue weighted by atomic mass is 9.97. The zero-order valence-corrected chi connectivity index (χ0v) is 18.1. The summed E-state index contributed by atoms with van der Waals surface area (Å²) in [6.45, 7) is 2.15. The number of aromatic nitrogens is 1. The minimum absolute atomic E-state index is 0.130. The van der Waals surface area contributed by atoms with Crippen LogP contribution in [-0.2, 0) is 0 Å². The van der Waals surface area contributed by atoms with Crippen molar-refractivity contribution in [1.82, 2.24) is 4.98 Å². The third kappa shape index (κ3) is 3.18. The van der Waals surface area contributed by atoms with Crippen LogP contribution >= 0.6 is 27.3 Å². The molecule has 4 aromatic rings. The minimum Gasteiger partial charge on any atom is -0.496 e. The Kier molecular flexibility index (Phi) is 5.06. The quantitative estimate of drug-likeness (QED) is 0.399. The van der Waals surface area contributed by atoms with Crippen LogP contribution in [0.4, 0.5) is 10.5 Å². The highest BCUT2D eigenvalue weighted by molar-refractivity contribution is 9.10. The van der Waals surface area contributed by atoms with E-state index in [0.29, 0.717) is 28.2 Å². The van der Waals surface area contributed by atoms with Crippen molar-refractivity contribution in [3.05, 3.63) is 56.6 Å². The second-order valence-corrected chi connectivity index (χ2v) is 8.15. The number of H-pyrrole nitrogens is 1. The molecule has 148 valence electrons. The Balaban J connectivity index is 2.03. The van der Waals surface area contributed by atoms with Crippen LogP contribution in [-0.4, -0.2) is 29.8 Å². The van der Waals surface area contributed by atoms with E-state index in [9.17, 15) is 14.7 Å². The molecule has 29 heavy (non-hydrogen) atoms. The fraction of sp³-hybridized carbons (Fsp3) is 0.143. The lowest BCUT2D eigenvalue weighted by Crippen LogP contribution is -2.28. The van der Waals surface area contributed by atoms with Gasteiger partial charge in [-0.2, -0.15) is 0 Å². The second kappa shape index (κ2) is 7.53. The number of carbonyl (C=O) groups is 1. The molecule has 0 bridgehead atoms. The molecule has 0 aliphatic rings. The summed E-state index contributed by atoms with van der Waals surface area (Å²) >= 11 is 4.93. The number of hydrogen-bond donors (Lipinski definition) is 2. The first kappa shape index (κ1) is 19.5. The maximum atomic E-state index is 12.5. The fourth-order valence-electron chi connectivity index (χ4n) is 3.55. The van der Waals surface area contributed by atoms with Gasteiger partial charge >= 0.3 is 6.09 Å². The Morgan fingerprint density at radius 1 is 1.28 bits per heavy atom. The number of methoxy groups -OCH3 is 1. The van der Waals surface area contributed by atoms with E-state index in [2.05, 4.69) is 20.9 Å². The number of nitrogens with one attached hydrogen (secondary N) is 1. The van der Waals surface area contributed by atoms with Crippen molar-refractivity contribution in [1.29, 1.82) is 0 Å². The maximum Gasteiger partial charge on any atom is 0.411 e. The van der Waals surface area contributed by atoms with Gasteiger partial charge < -0.3 is 14.8 Å². The predicted octanol–water partition coefficient (Wildman–Crippen LogP) is 5.69. The lowest BCUT2D eigenvalue weighted by Gasteiger charge is -2.18. The van der Waals surface area contributed by atoms with Crippen LogP contribution < -0.4 is 15.2 Å². The van der Waals surface area contributed by atoms with Crippen LogP contribution in [0.5, 0.6) is 5.75 Å². The van der Waals surface area contributed by atoms with Crippen molar-refractivity contribution < 1.29 is 14.6 Å². The number of benzene rings is 2. The topological polar surface area (TPSA) is 82.6 Å². The van der Waals surface area contributed by atoms with Gasteiger partial charge in [0.1, 0.15) is 10.4 Å². The summed E-state index contributed by atoms with van der Waals surface area (Å²) in [5, 5.41) is 13.0. The van der Waals surface area contributed by atoms with Gasteiger partial charge in [0, 0.05) is 33.0 Å². The van der Waals surface area contributed by atoms with Crippen LogP contribution in [0, 0.1) is 0 Å². The average Bonchev–Trinajstić information content (AvgIpc) is 3.20. The number of halogens is 1. The summed E-state index contributed by atoms with van der Waals surface area (Å²) in [6.07, 6.45) is -0.996. The highest BCUT2D eigenvalue weighted by atomic mass is 79.9. The Morgan fingerprint density at radius 2 is 2.00 bits per heavy atom. The zero-order chi connectivity index (χ0) is 20.7. The molecular weight excluding hydrogens is 456 g/mol. The van der Waals surface area contributed by atoms with Gasteiger partial charge in [0.15, 0.2) is 0 Å². The van der Waals surface area contributed by atoms with Gasteiger partial charge in [-0.25, -0.2) is 4.79 Å². The molecule has 2 aromatic carbocycles. The van der Waals surface area contributed by atoms with Crippen molar-refractivity contribution >= 4 is 60.0 Å². The smallest absolute Gasteiger partial charge is 0.411 e. The van der Waals surface area contributed by atoms with Crippen LogP contribution in [0.2, 0.25) is 0 Å². The van der Waals surface area contributed by atoms with Crippen molar-refractivity contribution in [2.45, 2.75) is 6.92 Å². The number of carboxylic acid groups (broad SMARTS) is 1. The van der Waals surface area contributed by atoms with Crippen molar-refractivity contribution in [3.63, 3.8) is 0 Å². The normalized spacial score (nSPS) is 11.1. The number of fused-ring (bicyclic) bond motifs is 3. The molecule has 0 aliphatic heterocycles. The molecule has 0 saturated heterocycles. The fourth-order valence-corrected chi connectivity index (χ4v) is 4.86. The Labute approximate surface area is 178 Å². The monoisotopic (exact) mass is 472 g/mol. The Morgan fingerprint density at radius 3 is 2.62 bits per heavy atom. The van der Waals surface area contributed by atoms with E-state index >= 15 is 0 Å². The molecule has 8 heteroatoms. The van der Waals surface area contributed by atoms with Crippen molar-refractivity contribution in [2.24, 2.45) is 0 Å². The summed E-state index contributed by atoms with van der Waals surface area (Å²) in [4.78, 5) is 28.1. The summed E-state index contributed by atoms with van der Waals surface area (Å²) in [7, 11) is 1.60. The first-order valence-electron chi connectivity index (χ1n) is 8.86. The first-order valence-corrected chi connectivity index (χ1v) is 10.5. The highest BCUT2D eigenvalue weighted by Crippen LogP contribution is 2.43. The molecular formula is C21H17BrN2O4S. The molecule has 0 radical (unpaired) electrons. The van der Waals surface area contributed by atoms with Gasteiger partial charge in [-0.3, -0.25) is 9.69 Å². The van der Waals surface area contributed by atoms with E-state index in [4.69, 9.17) is 4.74 Å². The SMILES string of the molecule is CCN(C(=O)O)c1ccc(-c2c(OC)cc(Br)c3[nH]c(=O)c4sccc4c23)cc1. The predicted molar refractivity (Wildman–Crippen MR) is 121 cm³/mol. The molecule has 0 aliphatic carbocycles. The van der Waals surface area contributed by atoms with Crippen molar-refractivity contribution in [2.75, 3.05) is 18.6 Å². The number of pyridine rings is 1. The number of nitrogens with zero attached hydrogens (tertiary/aromatic N) is 1. The van der Waals surface area contributed by atoms with Gasteiger partial charge in [0.05, 0.1) is 12.6 Å². The number of thiophene rings is 1. The molecule has 4 rings (SSSR count). The van der Waals surface area contributed by atoms with E-state index in [1.165, 1.54) is 16.2 Å². The lowest BCUT2D eigenvalue weighted by molar-refractivity contribution is 0.202. The van der Waals surface area contributed by atoms with Gasteiger partial charge in [-0.1, -0.05) is 12.1 Å². The summed E-state index contributed by atoms with van der Waals surface area (Å²) in [6, 6.07) is 11.1. The van der Waals surface area contributed by atoms with Crippen LogP contribution in [0.3, 0.4) is 0 Å². The minimum atomic E-state index is -0.996. The van der Waals surface area contributed by atoms with Gasteiger partial charge in [0.2, 0.25) is 0 Å². The largest absolute Gasteiger partial charge is 0.496 e. The zero-order valence-electron chi connectivity index (χ0n) is 15.7. The molecule has 0 spiro atoms. The summed E-state index contributed by atoms with van der Waals surface area (Å²) < 4.78 is 7.04. The molecule has 2 aromatic heterocycles. The summed E-state index contributed by atoms with van der Waals surface area (Å²) in [5.74, 6) is 0.655. The molecule has 2 heterocycles. The second-order valence-electron chi connectivity index (χ2n) is 6.38. The van der Waals surface area contributed by atoms with E-state index < -0.39 is 6.09 Å². The number of aromatic amines is 1. The molecule has 0 atom stereocenters. The van der Waals surface area contributed by atoms with E-state index in [0.717, 1.165) is 26.4 Å². The summed E-state index contributed by atoms with van der Waals surface area (Å²) in [5.41, 5.74) is 2.87. The van der Waals surface area contributed by atoms with Crippen LogP contribution in [0.15, 0.2) is 51.0 Å². The number of rotatable bonds is 4. The molecule has 0 unspecified atom stereocenters. The van der Waals surface area contributed by atoms with Crippen LogP contribution in [0.1, 0.15) is 6.92 Å². The van der Waals surface area contributed by atoms with Gasteiger partial charge in [-0.05, 0) is 58.1 Å². The third-order valence-corrected chi connectivity index (χ3v) is 6.40. The molecule has 1 amide bonds. The number of anilines is 1. The third-order valence-electron chi connectivity index (χ3n) is 4.86. The Bertz CT molecular complexity index is 1290. The molecule has 0 saturated carbocycles.